The first-order chi connectivity index (χ1) is 9.79. The third-order valence-electron chi connectivity index (χ3n) is 4.60. The van der Waals surface area contributed by atoms with Crippen molar-refractivity contribution in [2.75, 3.05) is 11.9 Å². The molecule has 3 rings (SSSR count). The van der Waals surface area contributed by atoms with Crippen LogP contribution in [0, 0.1) is 0 Å². The summed E-state index contributed by atoms with van der Waals surface area (Å²) in [5.74, 6) is 0.305. The minimum atomic E-state index is -0.0511. The molecule has 0 bridgehead atoms. The van der Waals surface area contributed by atoms with Gasteiger partial charge in [0.15, 0.2) is 0 Å². The number of likely N-dealkylation sites (tertiary alicyclic amines) is 1. The normalized spacial score (nSPS) is 25.1. The fraction of sp³-hybridized carbons (Fsp3) is 0.588. The van der Waals surface area contributed by atoms with E-state index in [1.54, 1.807) is 0 Å². The van der Waals surface area contributed by atoms with E-state index in [0.29, 0.717) is 11.9 Å². The zero-order chi connectivity index (χ0) is 13.9. The summed E-state index contributed by atoms with van der Waals surface area (Å²) in [5, 5.41) is 3.40. The van der Waals surface area contributed by atoms with Crippen LogP contribution in [-0.4, -0.2) is 29.4 Å². The molecule has 1 amide bonds. The van der Waals surface area contributed by atoms with E-state index in [4.69, 9.17) is 0 Å². The van der Waals surface area contributed by atoms with E-state index in [0.717, 1.165) is 37.9 Å². The molecule has 108 valence electrons. The van der Waals surface area contributed by atoms with Crippen molar-refractivity contribution in [2.24, 2.45) is 0 Å². The van der Waals surface area contributed by atoms with E-state index in [1.807, 2.05) is 12.1 Å². The molecule has 20 heavy (non-hydrogen) atoms. The molecule has 0 aromatic heterocycles. The molecule has 0 saturated carbocycles. The summed E-state index contributed by atoms with van der Waals surface area (Å²) in [6.45, 7) is 3.15. The molecule has 1 fully saturated rings. The number of anilines is 1. The summed E-state index contributed by atoms with van der Waals surface area (Å²) >= 11 is 0. The summed E-state index contributed by atoms with van der Waals surface area (Å²) in [4.78, 5) is 15.0. The van der Waals surface area contributed by atoms with Crippen LogP contribution in [0.1, 0.15) is 44.6 Å². The average molecular weight is 272 g/mol. The number of rotatable bonds is 3. The molecule has 2 aliphatic rings. The van der Waals surface area contributed by atoms with Crippen molar-refractivity contribution in [3.8, 4) is 0 Å². The molecule has 1 aromatic rings. The number of hydrogen-bond acceptors (Lipinski definition) is 2. The van der Waals surface area contributed by atoms with E-state index in [9.17, 15) is 4.79 Å². The molecule has 1 N–H and O–H groups in total. The Labute approximate surface area is 121 Å². The van der Waals surface area contributed by atoms with Crippen LogP contribution in [0.5, 0.6) is 0 Å². The minimum absolute atomic E-state index is 0.0511. The van der Waals surface area contributed by atoms with Gasteiger partial charge >= 0.3 is 0 Å². The van der Waals surface area contributed by atoms with Gasteiger partial charge < -0.3 is 10.2 Å². The quantitative estimate of drug-likeness (QED) is 0.916. The van der Waals surface area contributed by atoms with E-state index >= 15 is 0 Å². The van der Waals surface area contributed by atoms with E-state index in [2.05, 4.69) is 29.3 Å². The lowest BCUT2D eigenvalue weighted by molar-refractivity contribution is -0.135. The summed E-state index contributed by atoms with van der Waals surface area (Å²) in [6, 6.07) is 8.68. The Bertz CT molecular complexity index is 459. The summed E-state index contributed by atoms with van der Waals surface area (Å²) in [6.07, 6.45) is 6.75. The Hall–Kier alpha value is -1.51. The zero-order valence-electron chi connectivity index (χ0n) is 12.3. The second kappa shape index (κ2) is 5.86. The highest BCUT2D eigenvalue weighted by atomic mass is 16.2. The van der Waals surface area contributed by atoms with Crippen LogP contribution >= 0.6 is 0 Å². The average Bonchev–Trinajstić information content (AvgIpc) is 2.91. The largest absolute Gasteiger partial charge is 0.373 e. The molecule has 1 unspecified atom stereocenters. The first kappa shape index (κ1) is 13.5. The Morgan fingerprint density at radius 3 is 3.00 bits per heavy atom. The van der Waals surface area contributed by atoms with Crippen molar-refractivity contribution in [3.05, 3.63) is 29.8 Å². The van der Waals surface area contributed by atoms with Crippen molar-refractivity contribution >= 4 is 11.6 Å². The zero-order valence-corrected chi connectivity index (χ0v) is 12.3. The third kappa shape index (κ3) is 2.54. The number of hydrogen-bond donors (Lipinski definition) is 1. The summed E-state index contributed by atoms with van der Waals surface area (Å²) in [5.41, 5.74) is 2.41. The van der Waals surface area contributed by atoms with Gasteiger partial charge in [-0.05, 0) is 37.3 Å². The minimum Gasteiger partial charge on any atom is -0.373 e. The van der Waals surface area contributed by atoms with Crippen molar-refractivity contribution in [1.29, 1.82) is 0 Å². The lowest BCUT2D eigenvalue weighted by atomic mass is 9.97. The molecule has 2 atom stereocenters. The number of fused-ring (bicyclic) bond motifs is 1. The first-order valence-electron chi connectivity index (χ1n) is 7.94. The van der Waals surface area contributed by atoms with Crippen LogP contribution in [0.4, 0.5) is 5.69 Å². The smallest absolute Gasteiger partial charge is 0.245 e. The van der Waals surface area contributed by atoms with Crippen molar-refractivity contribution in [3.63, 3.8) is 0 Å². The lowest BCUT2D eigenvalue weighted by Crippen LogP contribution is -2.49. The van der Waals surface area contributed by atoms with Crippen LogP contribution < -0.4 is 5.32 Å². The van der Waals surface area contributed by atoms with Crippen molar-refractivity contribution in [1.82, 2.24) is 4.90 Å². The van der Waals surface area contributed by atoms with Gasteiger partial charge in [-0.25, -0.2) is 0 Å². The van der Waals surface area contributed by atoms with Gasteiger partial charge in [0.2, 0.25) is 5.91 Å². The van der Waals surface area contributed by atoms with Gasteiger partial charge in [0.25, 0.3) is 0 Å². The molecule has 3 heteroatoms. The number of amides is 1. The highest BCUT2D eigenvalue weighted by Crippen LogP contribution is 2.28. The molecule has 2 heterocycles. The van der Waals surface area contributed by atoms with Crippen molar-refractivity contribution < 1.29 is 4.79 Å². The van der Waals surface area contributed by atoms with Gasteiger partial charge in [0.1, 0.15) is 6.04 Å². The number of carbonyl (C=O) groups excluding carboxylic acids is 1. The number of nitrogens with zero attached hydrogens (tertiary/aromatic N) is 1. The maximum absolute atomic E-state index is 12.8. The first-order valence-corrected chi connectivity index (χ1v) is 7.94. The van der Waals surface area contributed by atoms with E-state index in [1.165, 1.54) is 18.4 Å². The van der Waals surface area contributed by atoms with Gasteiger partial charge in [-0.15, -0.1) is 0 Å². The molecule has 2 aliphatic heterocycles. The summed E-state index contributed by atoms with van der Waals surface area (Å²) in [7, 11) is 0. The van der Waals surface area contributed by atoms with Crippen LogP contribution in [0.25, 0.3) is 0 Å². The van der Waals surface area contributed by atoms with Gasteiger partial charge in [-0.2, -0.15) is 0 Å². The van der Waals surface area contributed by atoms with Crippen LogP contribution in [0.2, 0.25) is 0 Å². The molecule has 0 radical (unpaired) electrons. The molecular weight excluding hydrogens is 248 g/mol. The highest BCUT2D eigenvalue weighted by molar-refractivity contribution is 5.87. The fourth-order valence-electron chi connectivity index (χ4n) is 3.57. The van der Waals surface area contributed by atoms with Gasteiger partial charge in [0.05, 0.1) is 0 Å². The monoisotopic (exact) mass is 272 g/mol. The predicted molar refractivity (Wildman–Crippen MR) is 81.8 cm³/mol. The molecule has 0 spiro atoms. The number of nitrogens with one attached hydrogen (secondary N) is 1. The Balaban J connectivity index is 1.70. The number of piperidine rings is 1. The van der Waals surface area contributed by atoms with Crippen LogP contribution in [0.15, 0.2) is 24.3 Å². The Kier molecular flexibility index (Phi) is 3.95. The number of benzene rings is 1. The van der Waals surface area contributed by atoms with Gasteiger partial charge in [0, 0.05) is 24.7 Å². The second-order valence-electron chi connectivity index (χ2n) is 6.03. The topological polar surface area (TPSA) is 32.3 Å². The van der Waals surface area contributed by atoms with Gasteiger partial charge in [-0.3, -0.25) is 4.79 Å². The SMILES string of the molecule is CCCC1CCCCN1C(=O)[C@@H]1Cc2ccccc2N1. The fourth-order valence-corrected chi connectivity index (χ4v) is 3.57. The maximum atomic E-state index is 12.8. The van der Waals surface area contributed by atoms with E-state index in [-0.39, 0.29) is 6.04 Å². The highest BCUT2D eigenvalue weighted by Gasteiger charge is 2.34. The van der Waals surface area contributed by atoms with Crippen LogP contribution in [0.3, 0.4) is 0 Å². The molecule has 3 nitrogen and oxygen atoms in total. The lowest BCUT2D eigenvalue weighted by Gasteiger charge is -2.37. The Morgan fingerprint density at radius 2 is 2.20 bits per heavy atom. The molecule has 0 aliphatic carbocycles. The standard InChI is InChI=1S/C17H24N2O/c1-2-7-14-9-5-6-11-19(14)17(20)16-12-13-8-3-4-10-15(13)18-16/h3-4,8,10,14,16,18H,2,5-7,9,11-12H2,1H3/t14?,16-/m0/s1. The second-order valence-corrected chi connectivity index (χ2v) is 6.03. The maximum Gasteiger partial charge on any atom is 0.245 e. The molecular formula is C17H24N2O. The van der Waals surface area contributed by atoms with E-state index < -0.39 is 0 Å². The number of carbonyl (C=O) groups is 1. The number of para-hydroxylation sites is 1. The molecule has 1 aromatic carbocycles. The third-order valence-corrected chi connectivity index (χ3v) is 4.60. The molecule has 1 saturated heterocycles. The van der Waals surface area contributed by atoms with Crippen molar-refractivity contribution in [2.45, 2.75) is 57.5 Å². The van der Waals surface area contributed by atoms with Gasteiger partial charge in [-0.1, -0.05) is 31.5 Å². The Morgan fingerprint density at radius 1 is 1.35 bits per heavy atom. The summed E-state index contributed by atoms with van der Waals surface area (Å²) < 4.78 is 0. The van der Waals surface area contributed by atoms with Crippen LogP contribution in [-0.2, 0) is 11.2 Å². The predicted octanol–water partition coefficient (Wildman–Crippen LogP) is 3.20.